The minimum Gasteiger partial charge on any atom is -0.391 e. The molecule has 5 nitrogen and oxygen atoms in total. The van der Waals surface area contributed by atoms with Crippen LogP contribution in [0.15, 0.2) is 0 Å². The van der Waals surface area contributed by atoms with Gasteiger partial charge in [-0.05, 0) is 13.0 Å². The molecule has 1 aliphatic rings. The summed E-state index contributed by atoms with van der Waals surface area (Å²) in [5.74, 6) is 0.224. The molecule has 0 aromatic rings. The predicted molar refractivity (Wildman–Crippen MR) is 67.3 cm³/mol. The summed E-state index contributed by atoms with van der Waals surface area (Å²) >= 11 is 4.87. The molecule has 1 aliphatic heterocycles. The third kappa shape index (κ3) is 5.20. The average Bonchev–Trinajstić information content (AvgIpc) is 2.16. The molecule has 0 aromatic heterocycles. The van der Waals surface area contributed by atoms with Crippen LogP contribution in [0.5, 0.6) is 0 Å². The summed E-state index contributed by atoms with van der Waals surface area (Å²) in [5.41, 5.74) is 5.51. The Morgan fingerprint density at radius 3 is 2.88 bits per heavy atom. The molecule has 0 aromatic carbocycles. The van der Waals surface area contributed by atoms with Gasteiger partial charge in [-0.2, -0.15) is 0 Å². The topological polar surface area (TPSA) is 72.6 Å². The molecule has 0 radical (unpaired) electrons. The van der Waals surface area contributed by atoms with Crippen molar-refractivity contribution >= 4 is 27.0 Å². The van der Waals surface area contributed by atoms with Crippen LogP contribution < -0.4 is 5.73 Å². The highest BCUT2D eigenvalue weighted by Gasteiger charge is 2.22. The number of hydrogen-bond donors (Lipinski definition) is 1. The summed E-state index contributed by atoms with van der Waals surface area (Å²) in [4.78, 5) is 2.51. The van der Waals surface area contributed by atoms with Crippen molar-refractivity contribution in [2.75, 3.05) is 38.2 Å². The normalized spacial score (nSPS) is 23.2. The van der Waals surface area contributed by atoms with Crippen molar-refractivity contribution in [1.82, 2.24) is 4.90 Å². The van der Waals surface area contributed by atoms with E-state index in [4.69, 9.17) is 22.7 Å². The Kier molecular flexibility index (Phi) is 5.10. The zero-order chi connectivity index (χ0) is 12.2. The molecule has 0 amide bonds. The third-order valence-corrected chi connectivity index (χ3v) is 3.75. The zero-order valence-electron chi connectivity index (χ0n) is 9.39. The lowest BCUT2D eigenvalue weighted by Crippen LogP contribution is -2.48. The van der Waals surface area contributed by atoms with Gasteiger partial charge in [0.25, 0.3) is 0 Å². The van der Waals surface area contributed by atoms with Crippen molar-refractivity contribution in [3.63, 3.8) is 0 Å². The molecular formula is C9H18N2O3S2. The molecule has 1 atom stereocenters. The van der Waals surface area contributed by atoms with Gasteiger partial charge in [-0.1, -0.05) is 12.2 Å². The lowest BCUT2D eigenvalue weighted by molar-refractivity contribution is 0.00745. The smallest absolute Gasteiger partial charge is 0.147 e. The number of thiocarbonyl (C=S) groups is 1. The summed E-state index contributed by atoms with van der Waals surface area (Å²) in [6, 6.07) is 0. The van der Waals surface area contributed by atoms with Crippen molar-refractivity contribution in [2.24, 2.45) is 5.73 Å². The van der Waals surface area contributed by atoms with Gasteiger partial charge in [0.05, 0.1) is 12.4 Å². The van der Waals surface area contributed by atoms with Crippen molar-refractivity contribution in [1.29, 1.82) is 0 Å². The minimum atomic E-state index is -2.86. The molecule has 2 N–H and O–H groups in total. The maximum Gasteiger partial charge on any atom is 0.147 e. The van der Waals surface area contributed by atoms with Gasteiger partial charge in [-0.25, -0.2) is 8.42 Å². The van der Waals surface area contributed by atoms with E-state index in [9.17, 15) is 8.42 Å². The average molecular weight is 266 g/mol. The van der Waals surface area contributed by atoms with Gasteiger partial charge >= 0.3 is 0 Å². The Labute approximate surface area is 102 Å². The van der Waals surface area contributed by atoms with Crippen LogP contribution in [0.1, 0.15) is 6.42 Å². The van der Waals surface area contributed by atoms with E-state index < -0.39 is 9.84 Å². The first-order chi connectivity index (χ1) is 7.38. The second-order valence-corrected chi connectivity index (χ2v) is 6.78. The van der Waals surface area contributed by atoms with Gasteiger partial charge in [0, 0.05) is 19.3 Å². The van der Waals surface area contributed by atoms with Crippen LogP contribution in [0.25, 0.3) is 0 Å². The SMILES string of the molecule is CS(=O)(=O)CCCN1CCOC(C(N)=S)C1. The van der Waals surface area contributed by atoms with Crippen LogP contribution in [-0.2, 0) is 14.6 Å². The fraction of sp³-hybridized carbons (Fsp3) is 0.889. The molecule has 0 spiro atoms. The third-order valence-electron chi connectivity index (χ3n) is 2.46. The van der Waals surface area contributed by atoms with E-state index in [0.29, 0.717) is 24.6 Å². The number of hydrogen-bond acceptors (Lipinski definition) is 5. The van der Waals surface area contributed by atoms with Gasteiger partial charge in [-0.15, -0.1) is 0 Å². The molecule has 0 bridgehead atoms. The van der Waals surface area contributed by atoms with Crippen LogP contribution in [0.4, 0.5) is 0 Å². The van der Waals surface area contributed by atoms with Crippen molar-refractivity contribution in [3.8, 4) is 0 Å². The molecule has 1 heterocycles. The van der Waals surface area contributed by atoms with Gasteiger partial charge < -0.3 is 10.5 Å². The molecule has 1 fully saturated rings. The van der Waals surface area contributed by atoms with Crippen LogP contribution in [0, 0.1) is 0 Å². The minimum absolute atomic E-state index is 0.193. The van der Waals surface area contributed by atoms with Gasteiger partial charge in [0.15, 0.2) is 0 Å². The Morgan fingerprint density at radius 1 is 1.62 bits per heavy atom. The fourth-order valence-electron chi connectivity index (χ4n) is 1.63. The van der Waals surface area contributed by atoms with E-state index >= 15 is 0 Å². The lowest BCUT2D eigenvalue weighted by Gasteiger charge is -2.32. The summed E-state index contributed by atoms with van der Waals surface area (Å²) in [7, 11) is -2.86. The second kappa shape index (κ2) is 5.90. The highest BCUT2D eigenvalue weighted by molar-refractivity contribution is 7.90. The Balaban J connectivity index is 2.30. The van der Waals surface area contributed by atoms with Crippen molar-refractivity contribution < 1.29 is 13.2 Å². The summed E-state index contributed by atoms with van der Waals surface area (Å²) in [5, 5.41) is 0. The van der Waals surface area contributed by atoms with E-state index in [1.807, 2.05) is 0 Å². The number of morpholine rings is 1. The standard InChI is InChI=1S/C9H18N2O3S2/c1-16(12,13)6-2-3-11-4-5-14-8(7-11)9(10)15/h8H,2-7H2,1H3,(H2,10,15). The highest BCUT2D eigenvalue weighted by atomic mass is 32.2. The van der Waals surface area contributed by atoms with E-state index in [1.54, 1.807) is 0 Å². The van der Waals surface area contributed by atoms with E-state index in [-0.39, 0.29) is 11.9 Å². The summed E-state index contributed by atoms with van der Waals surface area (Å²) in [6.45, 7) is 2.82. The molecule has 94 valence electrons. The number of sulfone groups is 1. The molecular weight excluding hydrogens is 248 g/mol. The molecule has 0 saturated carbocycles. The van der Waals surface area contributed by atoms with Crippen LogP contribution >= 0.6 is 12.2 Å². The summed E-state index contributed by atoms with van der Waals surface area (Å²) < 4.78 is 27.3. The lowest BCUT2D eigenvalue weighted by atomic mass is 10.2. The van der Waals surface area contributed by atoms with Crippen LogP contribution in [-0.4, -0.2) is 62.7 Å². The Hall–Kier alpha value is -0.240. The van der Waals surface area contributed by atoms with Crippen LogP contribution in [0.2, 0.25) is 0 Å². The highest BCUT2D eigenvalue weighted by Crippen LogP contribution is 2.06. The van der Waals surface area contributed by atoms with Crippen molar-refractivity contribution in [3.05, 3.63) is 0 Å². The second-order valence-electron chi connectivity index (χ2n) is 4.05. The molecule has 1 rings (SSSR count). The predicted octanol–water partition coefficient (Wildman–Crippen LogP) is -0.592. The van der Waals surface area contributed by atoms with Gasteiger partial charge in [0.1, 0.15) is 20.9 Å². The van der Waals surface area contributed by atoms with Crippen molar-refractivity contribution in [2.45, 2.75) is 12.5 Å². The molecule has 16 heavy (non-hydrogen) atoms. The maximum absolute atomic E-state index is 11.0. The quantitative estimate of drug-likeness (QED) is 0.671. The molecule has 1 unspecified atom stereocenters. The first-order valence-electron chi connectivity index (χ1n) is 5.19. The zero-order valence-corrected chi connectivity index (χ0v) is 11.0. The maximum atomic E-state index is 11.0. The Morgan fingerprint density at radius 2 is 2.31 bits per heavy atom. The monoisotopic (exact) mass is 266 g/mol. The van der Waals surface area contributed by atoms with Gasteiger partial charge in [0.2, 0.25) is 0 Å². The van der Waals surface area contributed by atoms with Gasteiger partial charge in [-0.3, -0.25) is 4.90 Å². The first kappa shape index (κ1) is 13.8. The Bertz CT molecular complexity index is 343. The molecule has 7 heteroatoms. The van der Waals surface area contributed by atoms with E-state index in [1.165, 1.54) is 6.26 Å². The van der Waals surface area contributed by atoms with E-state index in [0.717, 1.165) is 13.1 Å². The molecule has 1 saturated heterocycles. The fourth-order valence-corrected chi connectivity index (χ4v) is 2.42. The number of rotatable bonds is 5. The summed E-state index contributed by atoms with van der Waals surface area (Å²) in [6.07, 6.45) is 1.70. The molecule has 0 aliphatic carbocycles. The number of nitrogens with zero attached hydrogens (tertiary/aromatic N) is 1. The number of nitrogens with two attached hydrogens (primary N) is 1. The van der Waals surface area contributed by atoms with Crippen LogP contribution in [0.3, 0.4) is 0 Å². The van der Waals surface area contributed by atoms with E-state index in [2.05, 4.69) is 4.90 Å². The number of ether oxygens (including phenoxy) is 1. The first-order valence-corrected chi connectivity index (χ1v) is 7.66. The largest absolute Gasteiger partial charge is 0.391 e.